The maximum atomic E-state index is 12.6. The number of ether oxygens (including phenoxy) is 4. The average Bonchev–Trinajstić information content (AvgIpc) is 1.59. The number of fused-ring (bicyclic) bond motifs is 3. The number of carbonyl (C=O) groups is 4. The summed E-state index contributed by atoms with van der Waals surface area (Å²) in [5.41, 5.74) is 13.0. The Morgan fingerprint density at radius 2 is 0.947 bits per heavy atom. The zero-order valence-electron chi connectivity index (χ0n) is 65.9. The number of anilines is 5. The summed E-state index contributed by atoms with van der Waals surface area (Å²) >= 11 is 0. The summed E-state index contributed by atoms with van der Waals surface area (Å²) in [5, 5.41) is 7.89. The summed E-state index contributed by atoms with van der Waals surface area (Å²) < 4.78 is 20.5. The lowest BCUT2D eigenvalue weighted by molar-refractivity contribution is 0.000403. The van der Waals surface area contributed by atoms with E-state index in [0.717, 1.165) is 150 Å². The van der Waals surface area contributed by atoms with Gasteiger partial charge in [-0.25, -0.2) is 74.0 Å². The summed E-state index contributed by atoms with van der Waals surface area (Å²) in [6, 6.07) is 26.2. The fraction of sp³-hybridized carbons (Fsp3) is 0.370. The number of imidazole rings is 3. The summed E-state index contributed by atoms with van der Waals surface area (Å²) in [6.45, 7) is 32.0. The first-order valence-corrected chi connectivity index (χ1v) is 38.3. The molecule has 1 unspecified atom stereocenters. The highest BCUT2D eigenvalue weighted by atomic mass is 16.6. The number of nitrogens with one attached hydrogen (secondary N) is 6. The predicted molar refractivity (Wildman–Crippen MR) is 436 cm³/mol. The highest BCUT2D eigenvalue weighted by Crippen LogP contribution is 2.37. The molecule has 114 heavy (non-hydrogen) atoms. The topological polar surface area (TPSA) is 376 Å². The molecule has 0 aliphatic carbocycles. The van der Waals surface area contributed by atoms with Crippen molar-refractivity contribution in [3.05, 3.63) is 147 Å². The predicted octanol–water partition coefficient (Wildman–Crippen LogP) is 13.2. The Hall–Kier alpha value is -12.8. The number of H-pyrrole nitrogens is 3. The number of rotatable bonds is 18. The van der Waals surface area contributed by atoms with Crippen molar-refractivity contribution in [2.45, 2.75) is 113 Å². The summed E-state index contributed by atoms with van der Waals surface area (Å²) in [6.07, 6.45) is 16.8. The Labute approximate surface area is 659 Å². The third kappa shape index (κ3) is 19.7. The smallest absolute Gasteiger partial charge is 0.413 e. The number of amides is 4. The fourth-order valence-electron chi connectivity index (χ4n) is 13.6. The van der Waals surface area contributed by atoms with E-state index >= 15 is 0 Å². The molecule has 3 aromatic carbocycles. The first-order chi connectivity index (χ1) is 55.1. The van der Waals surface area contributed by atoms with Crippen molar-refractivity contribution in [1.82, 2.24) is 99.3 Å². The molecule has 3 aliphatic heterocycles. The highest BCUT2D eigenvalue weighted by Gasteiger charge is 2.32. The van der Waals surface area contributed by atoms with Crippen LogP contribution in [0.3, 0.4) is 0 Å². The maximum Gasteiger partial charge on any atom is 0.413 e. The maximum absolute atomic E-state index is 12.6. The monoisotopic (exact) mass is 1550 g/mol. The van der Waals surface area contributed by atoms with Crippen LogP contribution in [0.2, 0.25) is 0 Å². The molecule has 12 heterocycles. The lowest BCUT2D eigenvalue weighted by Gasteiger charge is -2.40. The Bertz CT molecular complexity index is 5250. The van der Waals surface area contributed by atoms with Gasteiger partial charge in [0, 0.05) is 179 Å². The van der Waals surface area contributed by atoms with Crippen molar-refractivity contribution in [2.75, 3.05) is 111 Å². The van der Waals surface area contributed by atoms with Crippen LogP contribution in [0.4, 0.5) is 48.9 Å². The number of hydrogen-bond acceptors (Lipinski definition) is 26. The molecule has 1 atom stereocenters. The average molecular weight is 1550 g/mol. The molecule has 3 fully saturated rings. The number of pyridine rings is 2. The molecule has 6 N–H and O–H groups in total. The van der Waals surface area contributed by atoms with Gasteiger partial charge in [-0.05, 0) is 166 Å². The van der Waals surface area contributed by atoms with E-state index in [1.54, 1.807) is 68.8 Å². The Morgan fingerprint density at radius 3 is 1.39 bits per heavy atom. The minimum Gasteiger partial charge on any atom is -0.450 e. The third-order valence-electron chi connectivity index (χ3n) is 19.2. The van der Waals surface area contributed by atoms with Crippen molar-refractivity contribution >= 4 is 87.2 Å². The van der Waals surface area contributed by atoms with E-state index in [1.807, 2.05) is 125 Å². The van der Waals surface area contributed by atoms with E-state index < -0.39 is 23.9 Å². The molecule has 0 spiro atoms. The Balaban J connectivity index is 0.000000150. The lowest BCUT2D eigenvalue weighted by Crippen LogP contribution is -2.54. The minimum absolute atomic E-state index is 0.0378. The van der Waals surface area contributed by atoms with Crippen LogP contribution in [-0.2, 0) is 25.5 Å². The molecular weight excluding hydrogens is 1450 g/mol. The van der Waals surface area contributed by atoms with E-state index in [9.17, 15) is 19.2 Å². The van der Waals surface area contributed by atoms with Gasteiger partial charge in [0.05, 0.1) is 59.9 Å². The Morgan fingerprint density at radius 1 is 0.482 bits per heavy atom. The zero-order valence-corrected chi connectivity index (χ0v) is 65.9. The molecule has 0 radical (unpaired) electrons. The summed E-state index contributed by atoms with van der Waals surface area (Å²) in [4.78, 5) is 131. The number of aromatic nitrogens is 16. The van der Waals surface area contributed by atoms with Gasteiger partial charge >= 0.3 is 24.4 Å². The summed E-state index contributed by atoms with van der Waals surface area (Å²) in [5.74, 6) is 3.37. The zero-order chi connectivity index (χ0) is 80.0. The Kier molecular flexibility index (Phi) is 25.2. The van der Waals surface area contributed by atoms with Crippen LogP contribution in [-0.4, -0.2) is 233 Å². The van der Waals surface area contributed by atoms with Gasteiger partial charge in [-0.3, -0.25) is 40.6 Å². The fourth-order valence-corrected chi connectivity index (χ4v) is 13.6. The van der Waals surface area contributed by atoms with E-state index in [-0.39, 0.29) is 43.9 Å². The number of piperazine rings is 2. The molecular formula is C81H95N25O8. The van der Waals surface area contributed by atoms with E-state index in [1.165, 1.54) is 0 Å². The molecule has 12 aromatic rings. The van der Waals surface area contributed by atoms with E-state index in [4.69, 9.17) is 33.9 Å². The number of benzene rings is 3. The van der Waals surface area contributed by atoms with Gasteiger partial charge in [-0.1, -0.05) is 12.1 Å². The van der Waals surface area contributed by atoms with Crippen molar-refractivity contribution < 1.29 is 38.1 Å². The van der Waals surface area contributed by atoms with Gasteiger partial charge in [-0.2, -0.15) is 0 Å². The van der Waals surface area contributed by atoms with Crippen molar-refractivity contribution in [3.63, 3.8) is 0 Å². The first-order valence-electron chi connectivity index (χ1n) is 38.3. The van der Waals surface area contributed by atoms with Gasteiger partial charge in [0.25, 0.3) is 0 Å². The number of aromatic amines is 3. The molecule has 0 bridgehead atoms. The molecule has 33 nitrogen and oxygen atoms in total. The molecule has 0 saturated carbocycles. The third-order valence-corrected chi connectivity index (χ3v) is 19.2. The van der Waals surface area contributed by atoms with E-state index in [2.05, 4.69) is 133 Å². The molecule has 9 aromatic heterocycles. The molecule has 3 aliphatic rings. The van der Waals surface area contributed by atoms with Crippen LogP contribution in [0.25, 0.3) is 101 Å². The van der Waals surface area contributed by atoms with Crippen molar-refractivity contribution in [2.24, 2.45) is 0 Å². The van der Waals surface area contributed by atoms with Gasteiger partial charge in [0.1, 0.15) is 16.6 Å². The van der Waals surface area contributed by atoms with Crippen molar-refractivity contribution in [1.29, 1.82) is 0 Å². The van der Waals surface area contributed by atoms with Gasteiger partial charge < -0.3 is 48.6 Å². The van der Waals surface area contributed by atoms with Crippen LogP contribution >= 0.6 is 0 Å². The van der Waals surface area contributed by atoms with Gasteiger partial charge in [0.2, 0.25) is 29.7 Å². The summed E-state index contributed by atoms with van der Waals surface area (Å²) in [7, 11) is 0. The quantitative estimate of drug-likeness (QED) is 0.0435. The number of nitrogens with zero attached hydrogens (tertiary/aromatic N) is 19. The van der Waals surface area contributed by atoms with E-state index in [0.29, 0.717) is 64.8 Å². The van der Waals surface area contributed by atoms with Gasteiger partial charge in [-0.15, -0.1) is 0 Å². The molecule has 3 saturated heterocycles. The number of hydrogen-bond donors (Lipinski definition) is 6. The standard InChI is InChI=1S/C30H36N8O4.C26H30N8O2.C25H29N9O2/c1-6-41-28(39)36-27-34-24-15-21(14-23(25(24)35-27)26-31-10-7-11-32-26)20-8-9-22(33-16-20)18-37-12-13-38(19(2)17-37)29(40)42-30(3,4)5;1-4-36-26(35)32-24-30-22-13-18(12-20(23(22)31-24)21-8-5-6-9-27-21)19-14-28-25(29-15-19)34-11-7-10-33(16-34)17(2)3;1-4-36-25(35)32-23-30-20-13-17(12-19(21(20)31-23)22-26-6-5-7-27-22)18-14-28-24(29-15-18)34-10-8-33(9-11-34)16(2)3/h7-11,14-16,19H,6,12-13,17-18H2,1-5H3,(H2,34,35,36,39);5-6,8-9,12-15,17H,4,7,10-11,16H2,1-3H3,(H2,30,31,32,35);5-7,12-16H,4,8-11H2,1-3H3,(H2,30,31,32,35). The van der Waals surface area contributed by atoms with Crippen LogP contribution in [0, 0.1) is 0 Å². The minimum atomic E-state index is -0.588. The van der Waals surface area contributed by atoms with Gasteiger partial charge in [0.15, 0.2) is 11.6 Å². The molecule has 15 rings (SSSR count). The lowest BCUT2D eigenvalue weighted by atomic mass is 10.0. The largest absolute Gasteiger partial charge is 0.450 e. The van der Waals surface area contributed by atoms with Crippen LogP contribution < -0.4 is 25.8 Å². The van der Waals surface area contributed by atoms with Crippen LogP contribution in [0.5, 0.6) is 0 Å². The molecule has 592 valence electrons. The first kappa shape index (κ1) is 79.3. The normalized spacial score (nSPS) is 15.0. The van der Waals surface area contributed by atoms with Crippen molar-refractivity contribution in [3.8, 4) is 67.4 Å². The number of carbonyl (C=O) groups excluding carboxylic acids is 4. The molecule has 4 amide bonds. The van der Waals surface area contributed by atoms with Crippen LogP contribution in [0.15, 0.2) is 141 Å². The second kappa shape index (κ2) is 36.2. The highest BCUT2D eigenvalue weighted by molar-refractivity contribution is 6.00. The second-order valence-corrected chi connectivity index (χ2v) is 29.0. The second-order valence-electron chi connectivity index (χ2n) is 29.0. The van der Waals surface area contributed by atoms with Crippen LogP contribution in [0.1, 0.15) is 88.3 Å². The SMILES string of the molecule is CCOC(=O)Nc1nc2c(-c3ccccn3)cc(-c3cnc(N4CCCN(C(C)C)C4)nc3)cc2[nH]1.CCOC(=O)Nc1nc2c(-c3ncccn3)cc(-c3ccc(CN4CCN(C(=O)OC(C)(C)C)C(C)C4)nc3)cc2[nH]1.CCOC(=O)Nc1nc2c(-c3ncccn3)cc(-c3cnc(N4CCN(C(C)C)CC4)nc3)cc2[nH]1. The molecule has 33 heteroatoms.